The number of hydrogen-bond acceptors (Lipinski definition) is 12. The molecule has 0 bridgehead atoms. The van der Waals surface area contributed by atoms with Crippen molar-refractivity contribution in [2.24, 2.45) is 11.8 Å². The molecule has 2 N–H and O–H groups in total. The number of ketones is 1. The van der Waals surface area contributed by atoms with Crippen LogP contribution in [0.15, 0.2) is 53.9 Å². The Hall–Kier alpha value is -4.47. The molecule has 18 heteroatoms. The summed E-state index contributed by atoms with van der Waals surface area (Å²) in [5, 5.41) is 5.13. The molecule has 2 aromatic carbocycles. The van der Waals surface area contributed by atoms with E-state index in [1.807, 2.05) is 19.2 Å². The second kappa shape index (κ2) is 19.8. The smallest absolute Gasteiger partial charge is 0.306 e. The minimum absolute atomic E-state index is 0.00335. The van der Waals surface area contributed by atoms with Gasteiger partial charge >= 0.3 is 5.97 Å². The molecule has 0 spiro atoms. The molecule has 2 aliphatic heterocycles. The van der Waals surface area contributed by atoms with Gasteiger partial charge in [-0.2, -0.15) is 0 Å². The standard InChI is InChI=1S/C47H54ClF2N4O9PS/c1-27(2)51-46-53-37(26-65-46)36-21-41(32-14-15-40(60-3)43(48)44(32)52-36)62-31-20-38-39(55)23-47(64(58,59)25-33-34(49)12-8-13-35(33)50)22-29(47)16-18-61-17-7-6-9-28(45(57)54(38)24-31)19-42(56)63-30-10-4-5-11-30/h6-8,12-15,21,26-31,38H,4-5,9-11,16-20,22-25H2,1-3H3,(H,51,53)(H,58,59)/b7-6+/t28-,29-,31-,38+,47-/m1/s1. The van der Waals surface area contributed by atoms with Gasteiger partial charge in [-0.05, 0) is 89.0 Å². The summed E-state index contributed by atoms with van der Waals surface area (Å²) >= 11 is 8.28. The highest BCUT2D eigenvalue weighted by atomic mass is 35.5. The largest absolute Gasteiger partial charge is 0.495 e. The Balaban J connectivity index is 1.15. The Morgan fingerprint density at radius 3 is 2.58 bits per heavy atom. The second-order valence-corrected chi connectivity index (χ2v) is 21.7. The third-order valence-corrected chi connectivity index (χ3v) is 17.0. The topological polar surface area (TPSA) is 166 Å². The summed E-state index contributed by atoms with van der Waals surface area (Å²) in [7, 11) is -3.01. The number of esters is 1. The molecule has 1 amide bonds. The van der Waals surface area contributed by atoms with Crippen molar-refractivity contribution in [1.82, 2.24) is 14.9 Å². The minimum Gasteiger partial charge on any atom is -0.495 e. The maximum Gasteiger partial charge on any atom is 0.306 e. The molecular weight excluding hydrogens is 901 g/mol. The van der Waals surface area contributed by atoms with Crippen LogP contribution in [0.25, 0.3) is 22.3 Å². The summed E-state index contributed by atoms with van der Waals surface area (Å²) in [6, 6.07) is 7.44. The van der Waals surface area contributed by atoms with Gasteiger partial charge in [0, 0.05) is 47.9 Å². The van der Waals surface area contributed by atoms with Crippen molar-refractivity contribution in [1.29, 1.82) is 0 Å². The first kappa shape index (κ1) is 47.0. The van der Waals surface area contributed by atoms with Crippen molar-refractivity contribution < 1.29 is 51.6 Å². The van der Waals surface area contributed by atoms with E-state index in [-0.39, 0.29) is 62.6 Å². The summed E-state index contributed by atoms with van der Waals surface area (Å²) in [6.45, 7) is 4.33. The van der Waals surface area contributed by atoms with Crippen molar-refractivity contribution in [3.05, 3.63) is 76.2 Å². The van der Waals surface area contributed by atoms with Crippen molar-refractivity contribution in [3.8, 4) is 22.9 Å². The number of hydrogen-bond donors (Lipinski definition) is 2. The zero-order valence-corrected chi connectivity index (χ0v) is 39.1. The van der Waals surface area contributed by atoms with Gasteiger partial charge in [-0.15, -0.1) is 11.3 Å². The predicted molar refractivity (Wildman–Crippen MR) is 244 cm³/mol. The number of fused-ring (bicyclic) bond motifs is 3. The molecule has 3 fully saturated rings. The number of nitrogens with one attached hydrogen (secondary N) is 1. The zero-order valence-electron chi connectivity index (χ0n) is 36.6. The van der Waals surface area contributed by atoms with E-state index in [2.05, 4.69) is 5.32 Å². The molecule has 4 heterocycles. The molecule has 0 radical (unpaired) electrons. The molecule has 2 aromatic heterocycles. The van der Waals surface area contributed by atoms with Crippen LogP contribution in [0.2, 0.25) is 5.02 Å². The maximum absolute atomic E-state index is 15.0. The number of benzene rings is 2. The van der Waals surface area contributed by atoms with E-state index in [9.17, 15) is 32.6 Å². The molecule has 6 atom stereocenters. The van der Waals surface area contributed by atoms with Crippen LogP contribution in [0.1, 0.15) is 83.6 Å². The van der Waals surface area contributed by atoms with Crippen LogP contribution in [-0.2, 0) is 34.6 Å². The van der Waals surface area contributed by atoms with Gasteiger partial charge in [0.1, 0.15) is 46.1 Å². The normalized spacial score (nSPS) is 25.6. The first-order valence-electron chi connectivity index (χ1n) is 22.2. The van der Waals surface area contributed by atoms with E-state index < -0.39 is 83.9 Å². The highest BCUT2D eigenvalue weighted by molar-refractivity contribution is 7.59. The zero-order chi connectivity index (χ0) is 46.0. The fraction of sp³-hybridized carbons (Fsp3) is 0.511. The van der Waals surface area contributed by atoms with Gasteiger partial charge in [-0.3, -0.25) is 18.9 Å². The monoisotopic (exact) mass is 954 g/mol. The Kier molecular flexibility index (Phi) is 14.3. The van der Waals surface area contributed by atoms with E-state index in [4.69, 9.17) is 40.5 Å². The number of ether oxygens (including phenoxy) is 4. The average molecular weight is 955 g/mol. The molecule has 13 nitrogen and oxygen atoms in total. The number of aromatic nitrogens is 2. The highest BCUT2D eigenvalue weighted by Gasteiger charge is 2.66. The highest BCUT2D eigenvalue weighted by Crippen LogP contribution is 2.74. The number of rotatable bonds is 12. The number of carbonyl (C=O) groups excluding carboxylic acids is 3. The first-order valence-corrected chi connectivity index (χ1v) is 25.3. The molecule has 4 aromatic rings. The number of nitrogens with zero attached hydrogens (tertiary/aromatic N) is 3. The fourth-order valence-electron chi connectivity index (χ4n) is 9.55. The second-order valence-electron chi connectivity index (χ2n) is 17.9. The van der Waals surface area contributed by atoms with Crippen molar-refractivity contribution >= 4 is 64.0 Å². The maximum atomic E-state index is 15.0. The van der Waals surface area contributed by atoms with E-state index in [0.29, 0.717) is 45.3 Å². The van der Waals surface area contributed by atoms with E-state index >= 15 is 0 Å². The van der Waals surface area contributed by atoms with Crippen LogP contribution < -0.4 is 14.8 Å². The number of pyridine rings is 1. The molecule has 2 aliphatic carbocycles. The molecular formula is C47H54ClF2N4O9PS. The number of allylic oxidation sites excluding steroid dienone is 1. The van der Waals surface area contributed by atoms with Gasteiger partial charge in [0.25, 0.3) is 0 Å². The fourth-order valence-corrected chi connectivity index (χ4v) is 13.3. The van der Waals surface area contributed by atoms with E-state index in [1.165, 1.54) is 29.4 Å². The lowest BCUT2D eigenvalue weighted by Gasteiger charge is -2.30. The molecule has 1 saturated heterocycles. The predicted octanol–water partition coefficient (Wildman–Crippen LogP) is 9.51. The Bertz CT molecular complexity index is 2500. The number of amides is 1. The van der Waals surface area contributed by atoms with Gasteiger partial charge in [0.05, 0.1) is 61.2 Å². The lowest BCUT2D eigenvalue weighted by Crippen LogP contribution is -2.45. The Morgan fingerprint density at radius 1 is 1.08 bits per heavy atom. The number of anilines is 1. The first-order chi connectivity index (χ1) is 31.2. The van der Waals surface area contributed by atoms with Crippen molar-refractivity contribution in [3.63, 3.8) is 0 Å². The SMILES string of the molecule is COc1ccc2c(O[C@@H]3C[C@H]4C(=O)C[C@]5(P(=O)(O)Cc6c(F)cccc6F)C[C@H]5CCOC/C=C/C[C@H](CC(=O)OC5CCCC5)C(=O)N4C3)cc(-c3csc(NC(C)C)n3)nc2c1Cl. The van der Waals surface area contributed by atoms with Gasteiger partial charge < -0.3 is 34.1 Å². The summed E-state index contributed by atoms with van der Waals surface area (Å²) in [4.78, 5) is 66.2. The number of methoxy groups -OCH3 is 1. The van der Waals surface area contributed by atoms with Crippen LogP contribution in [-0.4, -0.2) is 93.7 Å². The third-order valence-electron chi connectivity index (χ3n) is 13.0. The summed E-state index contributed by atoms with van der Waals surface area (Å²) in [5.41, 5.74) is 0.882. The van der Waals surface area contributed by atoms with Crippen molar-refractivity contribution in [2.45, 2.75) is 114 Å². The average Bonchev–Trinajstić information content (AvgIpc) is 3.68. The summed E-state index contributed by atoms with van der Waals surface area (Å²) in [6.07, 6.45) is 5.15. The quantitative estimate of drug-likeness (QED) is 0.0786. The number of carbonyl (C=O) groups is 3. The molecule has 2 saturated carbocycles. The van der Waals surface area contributed by atoms with Crippen molar-refractivity contribution in [2.75, 3.05) is 32.2 Å². The lowest BCUT2D eigenvalue weighted by atomic mass is 9.97. The van der Waals surface area contributed by atoms with Crippen LogP contribution in [0.4, 0.5) is 13.9 Å². The van der Waals surface area contributed by atoms with Crippen LogP contribution >= 0.6 is 30.3 Å². The molecule has 348 valence electrons. The lowest BCUT2D eigenvalue weighted by molar-refractivity contribution is -0.153. The molecule has 4 aliphatic rings. The number of Topliss-reactive ketones (excluding diaryl/α,β-unsaturated/α-hetero) is 1. The van der Waals surface area contributed by atoms with Crippen LogP contribution in [0.3, 0.4) is 0 Å². The van der Waals surface area contributed by atoms with E-state index in [0.717, 1.165) is 37.8 Å². The third kappa shape index (κ3) is 10.3. The Labute approximate surface area is 385 Å². The Morgan fingerprint density at radius 2 is 1.85 bits per heavy atom. The summed E-state index contributed by atoms with van der Waals surface area (Å²) in [5.74, 6) is -4.00. The molecule has 8 rings (SSSR count). The number of halogens is 3. The van der Waals surface area contributed by atoms with Gasteiger partial charge in [0.2, 0.25) is 13.3 Å². The minimum atomic E-state index is -4.51. The molecule has 65 heavy (non-hydrogen) atoms. The van der Waals surface area contributed by atoms with Gasteiger partial charge in [-0.1, -0.05) is 29.8 Å². The van der Waals surface area contributed by atoms with Crippen LogP contribution in [0, 0.1) is 23.5 Å². The van der Waals surface area contributed by atoms with E-state index in [1.54, 1.807) is 30.4 Å². The number of thiazole rings is 1. The van der Waals surface area contributed by atoms with Gasteiger partial charge in [0.15, 0.2) is 10.9 Å². The van der Waals surface area contributed by atoms with Crippen LogP contribution in [0.5, 0.6) is 11.5 Å². The van der Waals surface area contributed by atoms with Gasteiger partial charge in [-0.25, -0.2) is 18.7 Å². The molecule has 1 unspecified atom stereocenters. The summed E-state index contributed by atoms with van der Waals surface area (Å²) < 4.78 is 68.4.